The zero-order valence-electron chi connectivity index (χ0n) is 17.2. The van der Waals surface area contributed by atoms with E-state index in [1.54, 1.807) is 25.1 Å². The summed E-state index contributed by atoms with van der Waals surface area (Å²) in [6.45, 7) is 3.96. The van der Waals surface area contributed by atoms with Crippen LogP contribution >= 0.6 is 15.9 Å². The van der Waals surface area contributed by atoms with Crippen LogP contribution in [0.15, 0.2) is 46.9 Å². The molecule has 0 heterocycles. The maximum atomic E-state index is 13.0. The number of rotatable bonds is 9. The Labute approximate surface area is 180 Å². The molecule has 0 saturated heterocycles. The lowest BCUT2D eigenvalue weighted by molar-refractivity contribution is -0.142. The Morgan fingerprint density at radius 3 is 2.55 bits per heavy atom. The van der Waals surface area contributed by atoms with Crippen molar-refractivity contribution in [3.63, 3.8) is 0 Å². The Morgan fingerprint density at radius 1 is 1.17 bits per heavy atom. The minimum atomic E-state index is -0.589. The molecular formula is C22H27BrN2O4. The van der Waals surface area contributed by atoms with Crippen LogP contribution in [-0.4, -0.2) is 43.5 Å². The molecule has 0 unspecified atom stereocenters. The first kappa shape index (κ1) is 22.7. The number of amides is 2. The van der Waals surface area contributed by atoms with E-state index in [-0.39, 0.29) is 25.0 Å². The Morgan fingerprint density at radius 2 is 1.93 bits per heavy atom. The number of carbonyl (C=O) groups is 2. The smallest absolute Gasteiger partial charge is 0.261 e. The van der Waals surface area contributed by atoms with Crippen molar-refractivity contribution in [1.82, 2.24) is 10.2 Å². The van der Waals surface area contributed by atoms with E-state index in [0.717, 1.165) is 15.6 Å². The van der Waals surface area contributed by atoms with Gasteiger partial charge >= 0.3 is 0 Å². The standard InChI is InChI=1S/C22H27BrN2O4/c1-5-20(22(27)24-3)25(13-16-7-6-8-17(12-16)28-4)21(26)14-29-18-9-10-19(23)15(2)11-18/h6-12,20H,5,13-14H2,1-4H3,(H,24,27)/t20-/m1/s1. The normalized spacial score (nSPS) is 11.5. The van der Waals surface area contributed by atoms with E-state index >= 15 is 0 Å². The molecule has 0 aliphatic carbocycles. The van der Waals surface area contributed by atoms with Gasteiger partial charge in [0.15, 0.2) is 6.61 Å². The van der Waals surface area contributed by atoms with Crippen LogP contribution in [0.5, 0.6) is 11.5 Å². The molecule has 2 rings (SSSR count). The molecule has 0 radical (unpaired) electrons. The summed E-state index contributed by atoms with van der Waals surface area (Å²) in [5.41, 5.74) is 1.89. The number of benzene rings is 2. The van der Waals surface area contributed by atoms with Gasteiger partial charge in [0, 0.05) is 18.1 Å². The van der Waals surface area contributed by atoms with Crippen LogP contribution in [0.4, 0.5) is 0 Å². The number of nitrogens with one attached hydrogen (secondary N) is 1. The van der Waals surface area contributed by atoms with Crippen LogP contribution in [0.3, 0.4) is 0 Å². The molecule has 0 saturated carbocycles. The van der Waals surface area contributed by atoms with Gasteiger partial charge in [0.05, 0.1) is 7.11 Å². The summed E-state index contributed by atoms with van der Waals surface area (Å²) in [5, 5.41) is 2.64. The SMILES string of the molecule is CC[C@H](C(=O)NC)N(Cc1cccc(OC)c1)C(=O)COc1ccc(Br)c(C)c1. The third kappa shape index (κ3) is 6.22. The number of aryl methyl sites for hydroxylation is 1. The molecule has 0 spiro atoms. The molecule has 7 heteroatoms. The Hall–Kier alpha value is -2.54. The number of hydrogen-bond donors (Lipinski definition) is 1. The highest BCUT2D eigenvalue weighted by molar-refractivity contribution is 9.10. The van der Waals surface area contributed by atoms with E-state index in [2.05, 4.69) is 21.2 Å². The maximum absolute atomic E-state index is 13.0. The van der Waals surface area contributed by atoms with Gasteiger partial charge in [-0.25, -0.2) is 0 Å². The first-order chi connectivity index (χ1) is 13.9. The van der Waals surface area contributed by atoms with Crippen LogP contribution in [-0.2, 0) is 16.1 Å². The molecule has 2 amide bonds. The maximum Gasteiger partial charge on any atom is 0.261 e. The van der Waals surface area contributed by atoms with E-state index in [1.165, 1.54) is 0 Å². The molecule has 156 valence electrons. The average molecular weight is 463 g/mol. The number of halogens is 1. The molecule has 1 N–H and O–H groups in total. The van der Waals surface area contributed by atoms with Gasteiger partial charge in [-0.2, -0.15) is 0 Å². The highest BCUT2D eigenvalue weighted by atomic mass is 79.9. The van der Waals surface area contributed by atoms with Gasteiger partial charge in [-0.05, 0) is 54.8 Å². The van der Waals surface area contributed by atoms with Crippen LogP contribution in [0, 0.1) is 6.92 Å². The molecule has 0 bridgehead atoms. The molecule has 0 aliphatic heterocycles. The number of carbonyl (C=O) groups excluding carboxylic acids is 2. The molecule has 0 fully saturated rings. The number of hydrogen-bond acceptors (Lipinski definition) is 4. The lowest BCUT2D eigenvalue weighted by Gasteiger charge is -2.30. The minimum absolute atomic E-state index is 0.154. The van der Waals surface area contributed by atoms with Gasteiger partial charge in [-0.1, -0.05) is 35.0 Å². The summed E-state index contributed by atoms with van der Waals surface area (Å²) < 4.78 is 11.9. The fraction of sp³-hybridized carbons (Fsp3) is 0.364. The second kappa shape index (κ2) is 10.9. The van der Waals surface area contributed by atoms with Crippen molar-refractivity contribution in [1.29, 1.82) is 0 Å². The van der Waals surface area contributed by atoms with Crippen LogP contribution in [0.25, 0.3) is 0 Å². The topological polar surface area (TPSA) is 67.9 Å². The molecule has 6 nitrogen and oxygen atoms in total. The fourth-order valence-electron chi connectivity index (χ4n) is 2.99. The third-order valence-corrected chi connectivity index (χ3v) is 5.50. The van der Waals surface area contributed by atoms with Crippen molar-refractivity contribution in [2.45, 2.75) is 32.9 Å². The Kier molecular flexibility index (Phi) is 8.51. The summed E-state index contributed by atoms with van der Waals surface area (Å²) in [6, 6.07) is 12.4. The lowest BCUT2D eigenvalue weighted by atomic mass is 10.1. The fourth-order valence-corrected chi connectivity index (χ4v) is 3.24. The quantitative estimate of drug-likeness (QED) is 0.616. The number of nitrogens with zero attached hydrogens (tertiary/aromatic N) is 1. The van der Waals surface area contributed by atoms with Crippen molar-refractivity contribution < 1.29 is 19.1 Å². The van der Waals surface area contributed by atoms with Crippen molar-refractivity contribution >= 4 is 27.7 Å². The minimum Gasteiger partial charge on any atom is -0.497 e. The van der Waals surface area contributed by atoms with E-state index in [1.807, 2.05) is 50.2 Å². The van der Waals surface area contributed by atoms with Gasteiger partial charge in [0.2, 0.25) is 5.91 Å². The first-order valence-corrected chi connectivity index (χ1v) is 10.2. The highest BCUT2D eigenvalue weighted by Gasteiger charge is 2.28. The predicted octanol–water partition coefficient (Wildman–Crippen LogP) is 3.70. The number of likely N-dealkylation sites (N-methyl/N-ethyl adjacent to an activating group) is 1. The zero-order valence-corrected chi connectivity index (χ0v) is 18.8. The summed E-state index contributed by atoms with van der Waals surface area (Å²) in [4.78, 5) is 27.0. The van der Waals surface area contributed by atoms with Gasteiger partial charge in [0.1, 0.15) is 17.5 Å². The second-order valence-electron chi connectivity index (χ2n) is 6.61. The molecule has 2 aromatic rings. The predicted molar refractivity (Wildman–Crippen MR) is 116 cm³/mol. The first-order valence-electron chi connectivity index (χ1n) is 9.42. The Balaban J connectivity index is 2.21. The van der Waals surface area contributed by atoms with Crippen LogP contribution in [0.1, 0.15) is 24.5 Å². The summed E-state index contributed by atoms with van der Waals surface area (Å²) >= 11 is 3.45. The molecule has 2 aromatic carbocycles. The number of ether oxygens (including phenoxy) is 2. The molecule has 0 aliphatic rings. The van der Waals surface area contributed by atoms with Crippen molar-refractivity contribution in [3.05, 3.63) is 58.1 Å². The molecule has 1 atom stereocenters. The summed E-state index contributed by atoms with van der Waals surface area (Å²) in [5.74, 6) is 0.838. The Bertz CT molecular complexity index is 856. The highest BCUT2D eigenvalue weighted by Crippen LogP contribution is 2.22. The van der Waals surface area contributed by atoms with Gasteiger partial charge in [-0.3, -0.25) is 9.59 Å². The largest absolute Gasteiger partial charge is 0.497 e. The van der Waals surface area contributed by atoms with Crippen LogP contribution < -0.4 is 14.8 Å². The monoisotopic (exact) mass is 462 g/mol. The van der Waals surface area contributed by atoms with Gasteiger partial charge in [-0.15, -0.1) is 0 Å². The second-order valence-corrected chi connectivity index (χ2v) is 7.47. The van der Waals surface area contributed by atoms with E-state index < -0.39 is 6.04 Å². The molecule has 0 aromatic heterocycles. The van der Waals surface area contributed by atoms with Crippen molar-refractivity contribution in [2.75, 3.05) is 20.8 Å². The summed E-state index contributed by atoms with van der Waals surface area (Å²) in [7, 11) is 3.16. The van der Waals surface area contributed by atoms with E-state index in [0.29, 0.717) is 17.9 Å². The molecule has 29 heavy (non-hydrogen) atoms. The zero-order chi connectivity index (χ0) is 21.4. The van der Waals surface area contributed by atoms with E-state index in [9.17, 15) is 9.59 Å². The van der Waals surface area contributed by atoms with Crippen molar-refractivity contribution in [3.8, 4) is 11.5 Å². The van der Waals surface area contributed by atoms with Crippen LogP contribution in [0.2, 0.25) is 0 Å². The van der Waals surface area contributed by atoms with Gasteiger partial charge < -0.3 is 19.7 Å². The van der Waals surface area contributed by atoms with E-state index in [4.69, 9.17) is 9.47 Å². The van der Waals surface area contributed by atoms with Crippen molar-refractivity contribution in [2.24, 2.45) is 0 Å². The lowest BCUT2D eigenvalue weighted by Crippen LogP contribution is -2.49. The summed E-state index contributed by atoms with van der Waals surface area (Å²) in [6.07, 6.45) is 0.493. The molecular weight excluding hydrogens is 436 g/mol. The number of methoxy groups -OCH3 is 1. The average Bonchev–Trinajstić information content (AvgIpc) is 2.74. The van der Waals surface area contributed by atoms with Gasteiger partial charge in [0.25, 0.3) is 5.91 Å². The third-order valence-electron chi connectivity index (χ3n) is 4.61.